The van der Waals surface area contributed by atoms with Gasteiger partial charge in [0.05, 0.1) is 0 Å². The average molecular weight is 281 g/mol. The smallest absolute Gasteiger partial charge is 0.231 e. The Labute approximate surface area is 124 Å². The minimum atomic E-state index is 0.326. The SMILES string of the molecule is c1cc2c(c(NCc3cccc4c3OCO4)c1)CCCC2. The summed E-state index contributed by atoms with van der Waals surface area (Å²) in [5.74, 6) is 1.74. The predicted molar refractivity (Wildman–Crippen MR) is 83.0 cm³/mol. The topological polar surface area (TPSA) is 30.5 Å². The molecular formula is C18H19NO2. The molecule has 3 nitrogen and oxygen atoms in total. The summed E-state index contributed by atoms with van der Waals surface area (Å²) >= 11 is 0. The Bertz CT molecular complexity index is 666. The summed E-state index contributed by atoms with van der Waals surface area (Å²) in [4.78, 5) is 0. The second kappa shape index (κ2) is 5.32. The molecule has 0 saturated heterocycles. The van der Waals surface area contributed by atoms with Crippen molar-refractivity contribution < 1.29 is 9.47 Å². The molecule has 21 heavy (non-hydrogen) atoms. The molecule has 0 fully saturated rings. The minimum absolute atomic E-state index is 0.326. The van der Waals surface area contributed by atoms with Gasteiger partial charge in [0.15, 0.2) is 11.5 Å². The Morgan fingerprint density at radius 3 is 2.86 bits per heavy atom. The molecule has 0 spiro atoms. The molecule has 4 rings (SSSR count). The van der Waals surface area contributed by atoms with Crippen molar-refractivity contribution in [1.82, 2.24) is 0 Å². The molecule has 108 valence electrons. The van der Waals surface area contributed by atoms with Crippen LogP contribution < -0.4 is 14.8 Å². The first-order valence-corrected chi connectivity index (χ1v) is 7.64. The van der Waals surface area contributed by atoms with Crippen molar-refractivity contribution in [3.05, 3.63) is 53.1 Å². The van der Waals surface area contributed by atoms with E-state index in [1.165, 1.54) is 42.5 Å². The Morgan fingerprint density at radius 2 is 1.86 bits per heavy atom. The Balaban J connectivity index is 1.57. The molecule has 0 aromatic heterocycles. The molecule has 2 aromatic carbocycles. The van der Waals surface area contributed by atoms with E-state index in [1.807, 2.05) is 12.1 Å². The van der Waals surface area contributed by atoms with Gasteiger partial charge in [-0.25, -0.2) is 0 Å². The maximum Gasteiger partial charge on any atom is 0.231 e. The highest BCUT2D eigenvalue weighted by molar-refractivity contribution is 5.57. The number of anilines is 1. The van der Waals surface area contributed by atoms with Gasteiger partial charge in [0.25, 0.3) is 0 Å². The molecule has 2 aliphatic rings. The lowest BCUT2D eigenvalue weighted by Gasteiger charge is -2.20. The maximum absolute atomic E-state index is 5.57. The average Bonchev–Trinajstić information content (AvgIpc) is 3.02. The predicted octanol–water partition coefficient (Wildman–Crippen LogP) is 3.91. The van der Waals surface area contributed by atoms with E-state index in [0.717, 1.165) is 23.6 Å². The zero-order chi connectivity index (χ0) is 14.1. The molecule has 0 unspecified atom stereocenters. The van der Waals surface area contributed by atoms with E-state index in [0.29, 0.717) is 6.79 Å². The van der Waals surface area contributed by atoms with Crippen LogP contribution in [0.5, 0.6) is 11.5 Å². The van der Waals surface area contributed by atoms with E-state index < -0.39 is 0 Å². The van der Waals surface area contributed by atoms with Crippen LogP contribution in [-0.4, -0.2) is 6.79 Å². The molecule has 0 amide bonds. The van der Waals surface area contributed by atoms with Crippen molar-refractivity contribution in [2.75, 3.05) is 12.1 Å². The summed E-state index contributed by atoms with van der Waals surface area (Å²) in [6.07, 6.45) is 5.00. The fraction of sp³-hybridized carbons (Fsp3) is 0.333. The lowest BCUT2D eigenvalue weighted by molar-refractivity contribution is 0.173. The summed E-state index contributed by atoms with van der Waals surface area (Å²) in [5.41, 5.74) is 5.42. The summed E-state index contributed by atoms with van der Waals surface area (Å²) in [5, 5.41) is 3.58. The van der Waals surface area contributed by atoms with E-state index in [4.69, 9.17) is 9.47 Å². The third-order valence-electron chi connectivity index (χ3n) is 4.34. The maximum atomic E-state index is 5.57. The number of hydrogen-bond acceptors (Lipinski definition) is 3. The van der Waals surface area contributed by atoms with E-state index >= 15 is 0 Å². The van der Waals surface area contributed by atoms with Crippen LogP contribution in [0.2, 0.25) is 0 Å². The molecular weight excluding hydrogens is 262 g/mol. The highest BCUT2D eigenvalue weighted by Gasteiger charge is 2.18. The van der Waals surface area contributed by atoms with Crippen LogP contribution in [-0.2, 0) is 19.4 Å². The van der Waals surface area contributed by atoms with Crippen LogP contribution in [0.3, 0.4) is 0 Å². The Hall–Kier alpha value is -2.16. The number of benzene rings is 2. The standard InChI is InChI=1S/C18H19NO2/c1-2-8-15-13(5-1)6-3-9-16(15)19-11-14-7-4-10-17-18(14)21-12-20-17/h3-4,6-7,9-10,19H,1-2,5,8,11-12H2. The molecule has 3 heteroatoms. The lowest BCUT2D eigenvalue weighted by Crippen LogP contribution is -2.08. The summed E-state index contributed by atoms with van der Waals surface area (Å²) in [6.45, 7) is 1.09. The molecule has 2 aromatic rings. The molecule has 0 atom stereocenters. The van der Waals surface area contributed by atoms with Gasteiger partial charge in [-0.15, -0.1) is 0 Å². The van der Waals surface area contributed by atoms with Gasteiger partial charge in [0.1, 0.15) is 0 Å². The first-order valence-electron chi connectivity index (χ1n) is 7.64. The first kappa shape index (κ1) is 12.6. The van der Waals surface area contributed by atoms with Gasteiger partial charge in [0.2, 0.25) is 6.79 Å². The number of ether oxygens (including phenoxy) is 2. The third-order valence-corrected chi connectivity index (χ3v) is 4.34. The summed E-state index contributed by atoms with van der Waals surface area (Å²) in [7, 11) is 0. The molecule has 1 N–H and O–H groups in total. The molecule has 0 bridgehead atoms. The largest absolute Gasteiger partial charge is 0.454 e. The summed E-state index contributed by atoms with van der Waals surface area (Å²) < 4.78 is 11.0. The normalized spacial score (nSPS) is 15.6. The number of aryl methyl sites for hydroxylation is 1. The second-order valence-corrected chi connectivity index (χ2v) is 5.65. The van der Waals surface area contributed by atoms with Crippen LogP contribution in [0.25, 0.3) is 0 Å². The minimum Gasteiger partial charge on any atom is -0.454 e. The monoisotopic (exact) mass is 281 g/mol. The van der Waals surface area contributed by atoms with Crippen LogP contribution >= 0.6 is 0 Å². The quantitative estimate of drug-likeness (QED) is 0.925. The second-order valence-electron chi connectivity index (χ2n) is 5.65. The van der Waals surface area contributed by atoms with Gasteiger partial charge in [0, 0.05) is 17.8 Å². The van der Waals surface area contributed by atoms with Gasteiger partial charge < -0.3 is 14.8 Å². The van der Waals surface area contributed by atoms with Crippen molar-refractivity contribution in [2.24, 2.45) is 0 Å². The number of nitrogens with one attached hydrogen (secondary N) is 1. The Kier molecular flexibility index (Phi) is 3.18. The van der Waals surface area contributed by atoms with Crippen molar-refractivity contribution >= 4 is 5.69 Å². The van der Waals surface area contributed by atoms with Crippen LogP contribution in [0, 0.1) is 0 Å². The lowest BCUT2D eigenvalue weighted by atomic mass is 9.90. The van der Waals surface area contributed by atoms with Gasteiger partial charge in [-0.05, 0) is 48.9 Å². The number of para-hydroxylation sites is 1. The van der Waals surface area contributed by atoms with Crippen molar-refractivity contribution in [1.29, 1.82) is 0 Å². The summed E-state index contributed by atoms with van der Waals surface area (Å²) in [6, 6.07) is 12.7. The third kappa shape index (κ3) is 2.33. The van der Waals surface area contributed by atoms with E-state index in [9.17, 15) is 0 Å². The zero-order valence-corrected chi connectivity index (χ0v) is 12.0. The van der Waals surface area contributed by atoms with Crippen LogP contribution in [0.1, 0.15) is 29.5 Å². The molecule has 1 aliphatic heterocycles. The van der Waals surface area contributed by atoms with Gasteiger partial charge in [-0.2, -0.15) is 0 Å². The van der Waals surface area contributed by atoms with Crippen molar-refractivity contribution in [3.63, 3.8) is 0 Å². The molecule has 0 saturated carbocycles. The zero-order valence-electron chi connectivity index (χ0n) is 12.0. The molecule has 1 aliphatic carbocycles. The van der Waals surface area contributed by atoms with E-state index in [-0.39, 0.29) is 0 Å². The Morgan fingerprint density at radius 1 is 0.952 bits per heavy atom. The van der Waals surface area contributed by atoms with Crippen molar-refractivity contribution in [3.8, 4) is 11.5 Å². The number of fused-ring (bicyclic) bond motifs is 2. The van der Waals surface area contributed by atoms with Crippen molar-refractivity contribution in [2.45, 2.75) is 32.2 Å². The van der Waals surface area contributed by atoms with Gasteiger partial charge in [-0.1, -0.05) is 24.3 Å². The van der Waals surface area contributed by atoms with Crippen LogP contribution in [0.4, 0.5) is 5.69 Å². The van der Waals surface area contributed by atoms with E-state index in [2.05, 4.69) is 29.6 Å². The van der Waals surface area contributed by atoms with Crippen LogP contribution in [0.15, 0.2) is 36.4 Å². The van der Waals surface area contributed by atoms with Gasteiger partial charge >= 0.3 is 0 Å². The van der Waals surface area contributed by atoms with Gasteiger partial charge in [-0.3, -0.25) is 0 Å². The fourth-order valence-corrected chi connectivity index (χ4v) is 3.27. The number of rotatable bonds is 3. The van der Waals surface area contributed by atoms with E-state index in [1.54, 1.807) is 0 Å². The molecule has 0 radical (unpaired) electrons. The first-order chi connectivity index (χ1) is 10.4. The highest BCUT2D eigenvalue weighted by Crippen LogP contribution is 2.36. The highest BCUT2D eigenvalue weighted by atomic mass is 16.7. The fourth-order valence-electron chi connectivity index (χ4n) is 3.27. The number of hydrogen-bond donors (Lipinski definition) is 1. The molecule has 1 heterocycles.